The molecule has 1 atom stereocenters. The second-order valence-electron chi connectivity index (χ2n) is 7.87. The summed E-state index contributed by atoms with van der Waals surface area (Å²) in [5.74, 6) is 0.898. The van der Waals surface area contributed by atoms with Crippen molar-refractivity contribution in [3.63, 3.8) is 0 Å². The number of nitrogens with zero attached hydrogens (tertiary/aromatic N) is 3. The molecule has 1 unspecified atom stereocenters. The Bertz CT molecular complexity index is 918. The van der Waals surface area contributed by atoms with Crippen molar-refractivity contribution in [2.75, 3.05) is 13.1 Å². The molecule has 2 aromatic heterocycles. The van der Waals surface area contributed by atoms with Gasteiger partial charge in [0.05, 0.1) is 0 Å². The lowest BCUT2D eigenvalue weighted by Gasteiger charge is -2.52. The Balaban J connectivity index is 1.84. The summed E-state index contributed by atoms with van der Waals surface area (Å²) in [6, 6.07) is 10.1. The Hall–Kier alpha value is -2.57. The Morgan fingerprint density at radius 3 is 2.44 bits per heavy atom. The molecule has 3 heterocycles. The molecule has 0 bridgehead atoms. The van der Waals surface area contributed by atoms with Crippen molar-refractivity contribution in [3.8, 4) is 11.4 Å². The number of aromatic nitrogens is 3. The minimum absolute atomic E-state index is 0.343. The van der Waals surface area contributed by atoms with Crippen molar-refractivity contribution in [3.05, 3.63) is 65.8 Å². The summed E-state index contributed by atoms with van der Waals surface area (Å²) >= 11 is 0. The van der Waals surface area contributed by atoms with Gasteiger partial charge in [0.15, 0.2) is 0 Å². The molecule has 27 heavy (non-hydrogen) atoms. The molecule has 1 fully saturated rings. The topological polar surface area (TPSA) is 84.1 Å². The average Bonchev–Trinajstić information content (AvgIpc) is 3.20. The van der Waals surface area contributed by atoms with Crippen LogP contribution in [0.2, 0.25) is 0 Å². The molecule has 1 saturated heterocycles. The lowest BCUT2D eigenvalue weighted by molar-refractivity contribution is -0.0769. The molecular formula is C21H24N4O2. The van der Waals surface area contributed by atoms with Crippen LogP contribution in [0, 0.1) is 5.41 Å². The van der Waals surface area contributed by atoms with Crippen molar-refractivity contribution in [1.29, 1.82) is 0 Å². The highest BCUT2D eigenvalue weighted by atomic mass is 16.5. The monoisotopic (exact) mass is 364 g/mol. The summed E-state index contributed by atoms with van der Waals surface area (Å²) in [5, 5.41) is 19.2. The Kier molecular flexibility index (Phi) is 4.32. The van der Waals surface area contributed by atoms with Gasteiger partial charge in [-0.25, -0.2) is 0 Å². The number of hydrogen-bond acceptors (Lipinski definition) is 6. The number of benzene rings is 1. The predicted octanol–water partition coefficient (Wildman–Crippen LogP) is 3.10. The molecule has 0 amide bonds. The van der Waals surface area contributed by atoms with Gasteiger partial charge >= 0.3 is 0 Å². The molecule has 0 aliphatic carbocycles. The van der Waals surface area contributed by atoms with Gasteiger partial charge < -0.3 is 14.9 Å². The molecule has 6 nitrogen and oxygen atoms in total. The second kappa shape index (κ2) is 6.55. The van der Waals surface area contributed by atoms with Crippen LogP contribution in [0.15, 0.2) is 53.6 Å². The van der Waals surface area contributed by atoms with Gasteiger partial charge in [0.25, 0.3) is 0 Å². The summed E-state index contributed by atoms with van der Waals surface area (Å²) in [6.07, 6.45) is 4.69. The number of rotatable bonds is 5. The molecule has 1 aliphatic rings. The van der Waals surface area contributed by atoms with Gasteiger partial charge in [0, 0.05) is 42.0 Å². The van der Waals surface area contributed by atoms with E-state index in [1.54, 1.807) is 12.4 Å². The number of aliphatic hydroxyl groups is 1. The maximum atomic E-state index is 12.0. The fourth-order valence-electron chi connectivity index (χ4n) is 3.79. The summed E-state index contributed by atoms with van der Waals surface area (Å²) in [6.45, 7) is 7.87. The van der Waals surface area contributed by atoms with Crippen LogP contribution < -0.4 is 5.32 Å². The van der Waals surface area contributed by atoms with E-state index in [2.05, 4.69) is 53.3 Å². The van der Waals surface area contributed by atoms with Crippen LogP contribution >= 0.6 is 0 Å². The summed E-state index contributed by atoms with van der Waals surface area (Å²) in [7, 11) is 0. The minimum Gasteiger partial charge on any atom is -0.380 e. The molecule has 4 rings (SSSR count). The van der Waals surface area contributed by atoms with Crippen molar-refractivity contribution < 1.29 is 9.63 Å². The van der Waals surface area contributed by atoms with E-state index >= 15 is 0 Å². The smallest absolute Gasteiger partial charge is 0.214 e. The molecule has 0 spiro atoms. The Morgan fingerprint density at radius 2 is 1.89 bits per heavy atom. The van der Waals surface area contributed by atoms with Crippen molar-refractivity contribution in [2.45, 2.75) is 32.3 Å². The van der Waals surface area contributed by atoms with E-state index in [0.717, 1.165) is 24.2 Å². The largest absolute Gasteiger partial charge is 0.380 e. The van der Waals surface area contributed by atoms with Gasteiger partial charge in [0.1, 0.15) is 5.60 Å². The molecule has 3 aromatic rings. The zero-order chi connectivity index (χ0) is 19.1. The fraction of sp³-hybridized carbons (Fsp3) is 0.381. The first kappa shape index (κ1) is 17.8. The van der Waals surface area contributed by atoms with Gasteiger partial charge in [-0.2, -0.15) is 4.98 Å². The molecule has 1 aromatic carbocycles. The van der Waals surface area contributed by atoms with E-state index in [9.17, 15) is 5.11 Å². The third-order valence-electron chi connectivity index (χ3n) is 5.67. The van der Waals surface area contributed by atoms with Crippen molar-refractivity contribution in [2.24, 2.45) is 5.41 Å². The minimum atomic E-state index is -1.18. The van der Waals surface area contributed by atoms with E-state index < -0.39 is 5.60 Å². The first-order valence-corrected chi connectivity index (χ1v) is 9.20. The van der Waals surface area contributed by atoms with Crippen LogP contribution in [0.1, 0.15) is 43.4 Å². The van der Waals surface area contributed by atoms with Crippen LogP contribution in [-0.4, -0.2) is 33.3 Å². The molecule has 1 aliphatic heterocycles. The molecule has 0 saturated carbocycles. The van der Waals surface area contributed by atoms with Gasteiger partial charge in [-0.3, -0.25) is 4.98 Å². The van der Waals surface area contributed by atoms with Crippen LogP contribution in [0.25, 0.3) is 11.4 Å². The lowest BCUT2D eigenvalue weighted by Crippen LogP contribution is -2.63. The Morgan fingerprint density at radius 1 is 1.15 bits per heavy atom. The average molecular weight is 364 g/mol. The third-order valence-corrected chi connectivity index (χ3v) is 5.67. The number of hydrogen-bond donors (Lipinski definition) is 2. The third kappa shape index (κ3) is 2.85. The molecular weight excluding hydrogens is 340 g/mol. The lowest BCUT2D eigenvalue weighted by atomic mass is 9.63. The maximum Gasteiger partial charge on any atom is 0.214 e. The summed E-state index contributed by atoms with van der Waals surface area (Å²) in [5.41, 5.74) is 2.03. The highest BCUT2D eigenvalue weighted by Gasteiger charge is 2.53. The predicted molar refractivity (Wildman–Crippen MR) is 102 cm³/mol. The number of nitrogens with one attached hydrogen (secondary N) is 1. The van der Waals surface area contributed by atoms with Crippen LogP contribution in [0.3, 0.4) is 0 Å². The van der Waals surface area contributed by atoms with Crippen molar-refractivity contribution in [1.82, 2.24) is 20.4 Å². The zero-order valence-corrected chi connectivity index (χ0v) is 15.8. The van der Waals surface area contributed by atoms with Crippen LogP contribution in [0.5, 0.6) is 0 Å². The molecule has 140 valence electrons. The molecule has 6 heteroatoms. The normalized spacial score (nSPS) is 18.1. The van der Waals surface area contributed by atoms with E-state index in [4.69, 9.17) is 4.52 Å². The van der Waals surface area contributed by atoms with E-state index in [0.29, 0.717) is 17.3 Å². The number of pyridine rings is 1. The highest BCUT2D eigenvalue weighted by molar-refractivity contribution is 5.55. The molecule has 0 radical (unpaired) electrons. The van der Waals surface area contributed by atoms with Gasteiger partial charge in [-0.1, -0.05) is 50.2 Å². The maximum absolute atomic E-state index is 12.0. The highest BCUT2D eigenvalue weighted by Crippen LogP contribution is 2.48. The first-order chi connectivity index (χ1) is 12.9. The van der Waals surface area contributed by atoms with Crippen molar-refractivity contribution >= 4 is 0 Å². The Labute approximate surface area is 158 Å². The van der Waals surface area contributed by atoms with Crippen LogP contribution in [-0.2, 0) is 5.60 Å². The quantitative estimate of drug-likeness (QED) is 0.724. The zero-order valence-electron chi connectivity index (χ0n) is 15.8. The summed E-state index contributed by atoms with van der Waals surface area (Å²) < 4.78 is 4.85. The standard InChI is InChI=1S/C21H24N4O2/c1-14(2)15-4-6-17(7-5-15)21(26,20(3)11-23-12-20)18-8-16(9-22-10-18)19-24-13-27-25-19/h4-10,13-14,23,26H,11-12H2,1-3H3. The SMILES string of the molecule is CC(C)c1ccc(C(O)(c2cncc(-c3ncon3)c2)C2(C)CNC2)cc1. The fourth-order valence-corrected chi connectivity index (χ4v) is 3.79. The first-order valence-electron chi connectivity index (χ1n) is 9.20. The summed E-state index contributed by atoms with van der Waals surface area (Å²) in [4.78, 5) is 8.45. The van der Waals surface area contributed by atoms with Crippen LogP contribution in [0.4, 0.5) is 0 Å². The van der Waals surface area contributed by atoms with E-state index in [-0.39, 0.29) is 5.41 Å². The van der Waals surface area contributed by atoms with Gasteiger partial charge in [-0.05, 0) is 23.1 Å². The molecule has 2 N–H and O–H groups in total. The van der Waals surface area contributed by atoms with E-state index in [1.807, 2.05) is 18.2 Å². The van der Waals surface area contributed by atoms with Gasteiger partial charge in [0.2, 0.25) is 12.2 Å². The van der Waals surface area contributed by atoms with Gasteiger partial charge in [-0.15, -0.1) is 0 Å². The second-order valence-corrected chi connectivity index (χ2v) is 7.87. The van der Waals surface area contributed by atoms with E-state index in [1.165, 1.54) is 12.0 Å².